The number of aliphatic carboxylic acids is 1. The summed E-state index contributed by atoms with van der Waals surface area (Å²) in [5.41, 5.74) is 3.00. The Morgan fingerprint density at radius 3 is 2.65 bits per heavy atom. The maximum atomic E-state index is 11.4. The van der Waals surface area contributed by atoms with E-state index in [0.29, 0.717) is 25.9 Å². The molecule has 0 saturated carbocycles. The third-order valence-corrected chi connectivity index (χ3v) is 6.47. The van der Waals surface area contributed by atoms with E-state index in [1.165, 1.54) is 5.56 Å². The predicted molar refractivity (Wildman–Crippen MR) is 134 cm³/mol. The van der Waals surface area contributed by atoms with Crippen molar-refractivity contribution in [3.05, 3.63) is 78.8 Å². The van der Waals surface area contributed by atoms with Gasteiger partial charge in [0.2, 0.25) is 0 Å². The van der Waals surface area contributed by atoms with Crippen LogP contribution in [0.25, 0.3) is 22.0 Å². The highest BCUT2D eigenvalue weighted by molar-refractivity contribution is 5.94. The van der Waals surface area contributed by atoms with Gasteiger partial charge in [0.25, 0.3) is 0 Å². The van der Waals surface area contributed by atoms with Crippen molar-refractivity contribution in [3.8, 4) is 11.3 Å². The van der Waals surface area contributed by atoms with Crippen molar-refractivity contribution in [2.75, 3.05) is 23.3 Å². The molecule has 1 aromatic carbocycles. The first-order valence-corrected chi connectivity index (χ1v) is 11.6. The standard InChI is InChI=1S/C27H27N5O2/c1-18(19-5-3-2-4-6-19)30-25-16-21(7-12-29-25)24-15-22-17-28-11-8-23(22)26(31-24)32-13-9-20(10-14-32)27(33)34/h2-8,11-12,15-18,20H,9-10,13-14H2,1H3,(H,29,30)(H,33,34). The van der Waals surface area contributed by atoms with Crippen LogP contribution >= 0.6 is 0 Å². The minimum absolute atomic E-state index is 0.115. The lowest BCUT2D eigenvalue weighted by Gasteiger charge is -2.32. The molecule has 1 aliphatic heterocycles. The molecule has 7 heteroatoms. The van der Waals surface area contributed by atoms with E-state index in [1.807, 2.05) is 42.6 Å². The summed E-state index contributed by atoms with van der Waals surface area (Å²) in [6, 6.07) is 18.4. The topological polar surface area (TPSA) is 91.2 Å². The number of anilines is 2. The third-order valence-electron chi connectivity index (χ3n) is 6.47. The van der Waals surface area contributed by atoms with Crippen LogP contribution in [0.2, 0.25) is 0 Å². The van der Waals surface area contributed by atoms with Gasteiger partial charge >= 0.3 is 5.97 Å². The number of nitrogens with zero attached hydrogens (tertiary/aromatic N) is 4. The number of hydrogen-bond donors (Lipinski definition) is 2. The minimum Gasteiger partial charge on any atom is -0.481 e. The normalized spacial score (nSPS) is 15.3. The SMILES string of the molecule is CC(Nc1cc(-c2cc3cnccc3c(N3CCC(C(=O)O)CC3)n2)ccn1)c1ccccc1. The number of nitrogens with one attached hydrogen (secondary N) is 1. The average molecular weight is 454 g/mol. The zero-order valence-electron chi connectivity index (χ0n) is 19.1. The number of fused-ring (bicyclic) bond motifs is 1. The molecule has 1 aliphatic rings. The summed E-state index contributed by atoms with van der Waals surface area (Å²) < 4.78 is 0. The van der Waals surface area contributed by atoms with Gasteiger partial charge in [-0.2, -0.15) is 0 Å². The van der Waals surface area contributed by atoms with E-state index in [2.05, 4.69) is 45.3 Å². The molecule has 1 saturated heterocycles. The lowest BCUT2D eigenvalue weighted by atomic mass is 9.97. The molecule has 0 aliphatic carbocycles. The minimum atomic E-state index is -0.711. The predicted octanol–water partition coefficient (Wildman–Crippen LogP) is 5.17. The van der Waals surface area contributed by atoms with Crippen molar-refractivity contribution in [1.82, 2.24) is 15.0 Å². The number of pyridine rings is 3. The van der Waals surface area contributed by atoms with Crippen molar-refractivity contribution in [3.63, 3.8) is 0 Å². The number of hydrogen-bond acceptors (Lipinski definition) is 6. The zero-order valence-corrected chi connectivity index (χ0v) is 19.1. The molecule has 172 valence electrons. The number of benzene rings is 1. The van der Waals surface area contributed by atoms with Crippen molar-refractivity contribution in [2.45, 2.75) is 25.8 Å². The largest absolute Gasteiger partial charge is 0.481 e. The summed E-state index contributed by atoms with van der Waals surface area (Å²) in [4.78, 5) is 27.5. The summed E-state index contributed by atoms with van der Waals surface area (Å²) in [6.45, 7) is 3.45. The number of aromatic nitrogens is 3. The fraction of sp³-hybridized carbons (Fsp3) is 0.259. The van der Waals surface area contributed by atoms with Crippen LogP contribution in [0, 0.1) is 5.92 Å². The van der Waals surface area contributed by atoms with Gasteiger partial charge in [-0.05, 0) is 49.6 Å². The average Bonchev–Trinajstić information content (AvgIpc) is 2.89. The summed E-state index contributed by atoms with van der Waals surface area (Å²) in [6.07, 6.45) is 6.66. The highest BCUT2D eigenvalue weighted by atomic mass is 16.4. The number of carbonyl (C=O) groups is 1. The van der Waals surface area contributed by atoms with Gasteiger partial charge in [0.15, 0.2) is 0 Å². The fourth-order valence-corrected chi connectivity index (χ4v) is 4.52. The first-order valence-electron chi connectivity index (χ1n) is 11.6. The van der Waals surface area contributed by atoms with Crippen LogP contribution in [-0.4, -0.2) is 39.1 Å². The highest BCUT2D eigenvalue weighted by Crippen LogP contribution is 2.32. The van der Waals surface area contributed by atoms with Gasteiger partial charge in [0, 0.05) is 54.1 Å². The molecule has 0 bridgehead atoms. The molecule has 3 aromatic heterocycles. The molecule has 5 rings (SSSR count). The van der Waals surface area contributed by atoms with Crippen molar-refractivity contribution >= 4 is 28.4 Å². The van der Waals surface area contributed by atoms with Crippen molar-refractivity contribution < 1.29 is 9.90 Å². The van der Waals surface area contributed by atoms with E-state index >= 15 is 0 Å². The van der Waals surface area contributed by atoms with Gasteiger partial charge in [-0.15, -0.1) is 0 Å². The molecule has 4 aromatic rings. The number of piperidine rings is 1. The lowest BCUT2D eigenvalue weighted by molar-refractivity contribution is -0.142. The molecule has 1 unspecified atom stereocenters. The van der Waals surface area contributed by atoms with Gasteiger partial charge in [-0.3, -0.25) is 9.78 Å². The van der Waals surface area contributed by atoms with Crippen LogP contribution in [0.4, 0.5) is 11.6 Å². The molecule has 1 fully saturated rings. The first-order chi connectivity index (χ1) is 16.6. The number of carboxylic acid groups (broad SMARTS) is 1. The summed E-state index contributed by atoms with van der Waals surface area (Å²) in [7, 11) is 0. The summed E-state index contributed by atoms with van der Waals surface area (Å²) in [5.74, 6) is 0.665. The number of carboxylic acids is 1. The summed E-state index contributed by atoms with van der Waals surface area (Å²) in [5, 5.41) is 14.9. The van der Waals surface area contributed by atoms with Crippen LogP contribution in [0.15, 0.2) is 73.2 Å². The first kappa shape index (κ1) is 21.8. The van der Waals surface area contributed by atoms with E-state index in [9.17, 15) is 9.90 Å². The Bertz CT molecular complexity index is 1300. The lowest BCUT2D eigenvalue weighted by Crippen LogP contribution is -2.36. The molecular formula is C27H27N5O2. The van der Waals surface area contributed by atoms with E-state index in [-0.39, 0.29) is 12.0 Å². The van der Waals surface area contributed by atoms with Gasteiger partial charge in [0.1, 0.15) is 11.6 Å². The Labute approximate surface area is 198 Å². The molecule has 0 spiro atoms. The van der Waals surface area contributed by atoms with Gasteiger partial charge in [0.05, 0.1) is 11.6 Å². The molecular weight excluding hydrogens is 426 g/mol. The van der Waals surface area contributed by atoms with Crippen LogP contribution in [0.5, 0.6) is 0 Å². The van der Waals surface area contributed by atoms with Gasteiger partial charge < -0.3 is 15.3 Å². The maximum absolute atomic E-state index is 11.4. The molecule has 7 nitrogen and oxygen atoms in total. The summed E-state index contributed by atoms with van der Waals surface area (Å²) >= 11 is 0. The Kier molecular flexibility index (Phi) is 6.08. The second-order valence-corrected chi connectivity index (χ2v) is 8.73. The Hall–Kier alpha value is -4.00. The van der Waals surface area contributed by atoms with E-state index in [1.54, 1.807) is 12.4 Å². The smallest absolute Gasteiger partial charge is 0.306 e. The van der Waals surface area contributed by atoms with Crippen molar-refractivity contribution in [2.24, 2.45) is 5.92 Å². The van der Waals surface area contributed by atoms with Crippen LogP contribution in [0.3, 0.4) is 0 Å². The second-order valence-electron chi connectivity index (χ2n) is 8.73. The van der Waals surface area contributed by atoms with E-state index < -0.39 is 5.97 Å². The second kappa shape index (κ2) is 9.47. The Morgan fingerprint density at radius 2 is 1.88 bits per heavy atom. The highest BCUT2D eigenvalue weighted by Gasteiger charge is 2.26. The molecule has 4 heterocycles. The van der Waals surface area contributed by atoms with Crippen LogP contribution in [-0.2, 0) is 4.79 Å². The fourth-order valence-electron chi connectivity index (χ4n) is 4.52. The number of rotatable bonds is 6. The Morgan fingerprint density at radius 1 is 1.09 bits per heavy atom. The molecule has 34 heavy (non-hydrogen) atoms. The molecule has 1 atom stereocenters. The van der Waals surface area contributed by atoms with Crippen LogP contribution < -0.4 is 10.2 Å². The maximum Gasteiger partial charge on any atom is 0.306 e. The van der Waals surface area contributed by atoms with Crippen LogP contribution in [0.1, 0.15) is 31.4 Å². The van der Waals surface area contributed by atoms with E-state index in [0.717, 1.165) is 33.7 Å². The third kappa shape index (κ3) is 4.55. The monoisotopic (exact) mass is 453 g/mol. The van der Waals surface area contributed by atoms with Crippen molar-refractivity contribution in [1.29, 1.82) is 0 Å². The van der Waals surface area contributed by atoms with E-state index in [4.69, 9.17) is 4.98 Å². The molecule has 0 radical (unpaired) electrons. The van der Waals surface area contributed by atoms with Gasteiger partial charge in [-0.1, -0.05) is 30.3 Å². The molecule has 2 N–H and O–H groups in total. The quantitative estimate of drug-likeness (QED) is 0.416. The Balaban J connectivity index is 1.46. The molecule has 0 amide bonds. The van der Waals surface area contributed by atoms with Gasteiger partial charge in [-0.25, -0.2) is 9.97 Å². The zero-order chi connectivity index (χ0) is 23.5.